The van der Waals surface area contributed by atoms with Crippen LogP contribution in [0.1, 0.15) is 31.4 Å². The van der Waals surface area contributed by atoms with E-state index in [1.807, 2.05) is 4.90 Å². The number of hydrogen-bond acceptors (Lipinski definition) is 6. The van der Waals surface area contributed by atoms with Crippen LogP contribution in [0.25, 0.3) is 0 Å². The number of carboxylic acid groups (broad SMARTS) is 1. The van der Waals surface area contributed by atoms with Crippen LogP contribution >= 0.6 is 0 Å². The standard InChI is InChI=1S/C13H14N4O4/c14-8-10-11(17(20)21)4-5-12(15-10)16-6-2-1-3-9(16)7-13(18)19/h4-5,9H,1-3,6-7H2,(H,18,19). The van der Waals surface area contributed by atoms with E-state index in [-0.39, 0.29) is 23.8 Å². The third kappa shape index (κ3) is 3.25. The smallest absolute Gasteiger partial charge is 0.305 e. The summed E-state index contributed by atoms with van der Waals surface area (Å²) in [6.07, 6.45) is 2.55. The Labute approximate surface area is 120 Å². The molecule has 0 spiro atoms. The van der Waals surface area contributed by atoms with Crippen LogP contribution in [0.5, 0.6) is 0 Å². The van der Waals surface area contributed by atoms with Crippen molar-refractivity contribution in [2.45, 2.75) is 31.7 Å². The van der Waals surface area contributed by atoms with Crippen LogP contribution in [0.15, 0.2) is 12.1 Å². The molecule has 1 aliphatic heterocycles. The van der Waals surface area contributed by atoms with Gasteiger partial charge in [0.05, 0.1) is 11.3 Å². The largest absolute Gasteiger partial charge is 0.481 e. The molecule has 0 aromatic carbocycles. The fraction of sp³-hybridized carbons (Fsp3) is 0.462. The van der Waals surface area contributed by atoms with Gasteiger partial charge in [0, 0.05) is 18.7 Å². The number of nitrogens with zero attached hydrogens (tertiary/aromatic N) is 4. The van der Waals surface area contributed by atoms with E-state index in [1.165, 1.54) is 12.1 Å². The Morgan fingerprint density at radius 1 is 1.57 bits per heavy atom. The maximum atomic E-state index is 10.9. The molecule has 0 radical (unpaired) electrons. The number of hydrogen-bond donors (Lipinski definition) is 1. The molecule has 1 aromatic heterocycles. The lowest BCUT2D eigenvalue weighted by molar-refractivity contribution is -0.385. The van der Waals surface area contributed by atoms with E-state index in [1.54, 1.807) is 6.07 Å². The molecule has 2 rings (SSSR count). The number of aliphatic carboxylic acids is 1. The van der Waals surface area contributed by atoms with Crippen LogP contribution in [0.2, 0.25) is 0 Å². The molecule has 8 heteroatoms. The van der Waals surface area contributed by atoms with Gasteiger partial charge in [0.15, 0.2) is 0 Å². The number of carbonyl (C=O) groups is 1. The van der Waals surface area contributed by atoms with Crippen molar-refractivity contribution in [2.75, 3.05) is 11.4 Å². The molecule has 1 aliphatic rings. The van der Waals surface area contributed by atoms with Gasteiger partial charge in [-0.1, -0.05) is 0 Å². The molecule has 0 saturated carbocycles. The molecular formula is C13H14N4O4. The van der Waals surface area contributed by atoms with E-state index in [0.717, 1.165) is 19.3 Å². The van der Waals surface area contributed by atoms with E-state index in [9.17, 15) is 14.9 Å². The molecular weight excluding hydrogens is 276 g/mol. The van der Waals surface area contributed by atoms with Crippen molar-refractivity contribution < 1.29 is 14.8 Å². The predicted octanol–water partition coefficient (Wildman–Crippen LogP) is 1.70. The SMILES string of the molecule is N#Cc1nc(N2CCCCC2CC(=O)O)ccc1[N+](=O)[O-]. The fourth-order valence-corrected chi connectivity index (χ4v) is 2.55. The lowest BCUT2D eigenvalue weighted by Crippen LogP contribution is -2.41. The monoisotopic (exact) mass is 290 g/mol. The van der Waals surface area contributed by atoms with Crippen LogP contribution in [-0.4, -0.2) is 33.6 Å². The lowest BCUT2D eigenvalue weighted by Gasteiger charge is -2.35. The highest BCUT2D eigenvalue weighted by Crippen LogP contribution is 2.27. The zero-order chi connectivity index (χ0) is 15.4. The molecule has 21 heavy (non-hydrogen) atoms. The second kappa shape index (κ2) is 6.17. The van der Waals surface area contributed by atoms with Gasteiger partial charge < -0.3 is 10.0 Å². The molecule has 0 bridgehead atoms. The first-order valence-electron chi connectivity index (χ1n) is 6.57. The molecule has 1 aromatic rings. The van der Waals surface area contributed by atoms with E-state index < -0.39 is 10.9 Å². The minimum absolute atomic E-state index is 0.0133. The first-order valence-corrected chi connectivity index (χ1v) is 6.57. The highest BCUT2D eigenvalue weighted by molar-refractivity contribution is 5.68. The summed E-state index contributed by atoms with van der Waals surface area (Å²) >= 11 is 0. The maximum absolute atomic E-state index is 10.9. The molecule has 110 valence electrons. The van der Waals surface area contributed by atoms with Crippen molar-refractivity contribution in [1.29, 1.82) is 5.26 Å². The van der Waals surface area contributed by atoms with Crippen molar-refractivity contribution in [3.8, 4) is 6.07 Å². The second-order valence-electron chi connectivity index (χ2n) is 4.85. The molecule has 1 unspecified atom stereocenters. The number of rotatable bonds is 4. The third-order valence-corrected chi connectivity index (χ3v) is 3.49. The first kappa shape index (κ1) is 14.7. The second-order valence-corrected chi connectivity index (χ2v) is 4.85. The average molecular weight is 290 g/mol. The Bertz CT molecular complexity index is 611. The van der Waals surface area contributed by atoms with Gasteiger partial charge in [-0.25, -0.2) is 4.98 Å². The van der Waals surface area contributed by atoms with Gasteiger partial charge in [-0.15, -0.1) is 0 Å². The summed E-state index contributed by atoms with van der Waals surface area (Å²) in [6.45, 7) is 0.633. The van der Waals surface area contributed by atoms with Crippen LogP contribution in [0, 0.1) is 21.4 Å². The van der Waals surface area contributed by atoms with Gasteiger partial charge in [-0.3, -0.25) is 14.9 Å². The zero-order valence-electron chi connectivity index (χ0n) is 11.2. The number of carboxylic acids is 1. The molecule has 0 aliphatic carbocycles. The summed E-state index contributed by atoms with van der Waals surface area (Å²) in [6, 6.07) is 4.23. The normalized spacial score (nSPS) is 18.0. The quantitative estimate of drug-likeness (QED) is 0.661. The summed E-state index contributed by atoms with van der Waals surface area (Å²) in [5, 5.41) is 28.7. The van der Waals surface area contributed by atoms with Crippen LogP contribution < -0.4 is 4.90 Å². The number of nitriles is 1. The molecule has 2 heterocycles. The van der Waals surface area contributed by atoms with Crippen molar-refractivity contribution in [1.82, 2.24) is 4.98 Å². The van der Waals surface area contributed by atoms with Crippen molar-refractivity contribution >= 4 is 17.5 Å². The summed E-state index contributed by atoms with van der Waals surface area (Å²) in [5.41, 5.74) is -0.592. The van der Waals surface area contributed by atoms with E-state index in [2.05, 4.69) is 4.98 Å². The number of nitro groups is 1. The van der Waals surface area contributed by atoms with E-state index >= 15 is 0 Å². The fourth-order valence-electron chi connectivity index (χ4n) is 2.55. The van der Waals surface area contributed by atoms with Crippen molar-refractivity contribution in [3.63, 3.8) is 0 Å². The van der Waals surface area contributed by atoms with Crippen LogP contribution in [0.4, 0.5) is 11.5 Å². The molecule has 1 N–H and O–H groups in total. The molecule has 1 atom stereocenters. The Morgan fingerprint density at radius 2 is 2.33 bits per heavy atom. The molecule has 1 saturated heterocycles. The summed E-state index contributed by atoms with van der Waals surface area (Å²) in [7, 11) is 0. The Kier molecular flexibility index (Phi) is 4.33. The number of pyridine rings is 1. The molecule has 0 amide bonds. The van der Waals surface area contributed by atoms with Gasteiger partial charge >= 0.3 is 11.7 Å². The minimum Gasteiger partial charge on any atom is -0.481 e. The minimum atomic E-state index is -0.894. The number of piperidine rings is 1. The van der Waals surface area contributed by atoms with Crippen molar-refractivity contribution in [3.05, 3.63) is 27.9 Å². The number of anilines is 1. The Morgan fingerprint density at radius 3 is 2.95 bits per heavy atom. The molecule has 1 fully saturated rings. The van der Waals surface area contributed by atoms with Crippen molar-refractivity contribution in [2.24, 2.45) is 0 Å². The van der Waals surface area contributed by atoms with Gasteiger partial charge in [-0.2, -0.15) is 5.26 Å². The van der Waals surface area contributed by atoms with Gasteiger partial charge in [0.25, 0.3) is 0 Å². The molecule has 8 nitrogen and oxygen atoms in total. The zero-order valence-corrected chi connectivity index (χ0v) is 11.2. The number of aromatic nitrogens is 1. The lowest BCUT2D eigenvalue weighted by atomic mass is 9.99. The van der Waals surface area contributed by atoms with E-state index in [4.69, 9.17) is 10.4 Å². The summed E-state index contributed by atoms with van der Waals surface area (Å²) < 4.78 is 0. The highest BCUT2D eigenvalue weighted by atomic mass is 16.6. The van der Waals surface area contributed by atoms with Gasteiger partial charge in [-0.05, 0) is 25.3 Å². The Balaban J connectivity index is 2.33. The predicted molar refractivity (Wildman–Crippen MR) is 72.8 cm³/mol. The van der Waals surface area contributed by atoms with Crippen LogP contribution in [0.3, 0.4) is 0 Å². The van der Waals surface area contributed by atoms with Crippen LogP contribution in [-0.2, 0) is 4.79 Å². The highest BCUT2D eigenvalue weighted by Gasteiger charge is 2.27. The Hall–Kier alpha value is -2.69. The third-order valence-electron chi connectivity index (χ3n) is 3.49. The van der Waals surface area contributed by atoms with E-state index in [0.29, 0.717) is 12.4 Å². The maximum Gasteiger partial charge on any atom is 0.305 e. The van der Waals surface area contributed by atoms with Gasteiger partial charge in [0.1, 0.15) is 11.9 Å². The van der Waals surface area contributed by atoms with Gasteiger partial charge in [0.2, 0.25) is 5.69 Å². The summed E-state index contributed by atoms with van der Waals surface area (Å²) in [5.74, 6) is -0.475. The first-order chi connectivity index (χ1) is 10.0. The summed E-state index contributed by atoms with van der Waals surface area (Å²) in [4.78, 5) is 26.9. The average Bonchev–Trinajstić information content (AvgIpc) is 2.46. The topological polar surface area (TPSA) is 120 Å².